The largest absolute Gasteiger partial charge is 0.258 e. The Morgan fingerprint density at radius 3 is 2.92 bits per heavy atom. The van der Waals surface area contributed by atoms with Crippen molar-refractivity contribution < 1.29 is 8.42 Å². The molecule has 0 saturated carbocycles. The van der Waals surface area contributed by atoms with E-state index in [9.17, 15) is 8.42 Å². The topological polar surface area (TPSA) is 87.8 Å². The van der Waals surface area contributed by atoms with E-state index in [2.05, 4.69) is 9.82 Å². The van der Waals surface area contributed by atoms with Gasteiger partial charge in [0.2, 0.25) is 0 Å². The van der Waals surface area contributed by atoms with E-state index in [-0.39, 0.29) is 11.6 Å². The molecule has 0 saturated heterocycles. The average molecular weight is 200 g/mol. The fourth-order valence-corrected chi connectivity index (χ4v) is 1.86. The molecular weight excluding hydrogens is 192 g/mol. The van der Waals surface area contributed by atoms with Crippen molar-refractivity contribution in [2.45, 2.75) is 5.03 Å². The normalized spacial score (nSPS) is 11.1. The number of aromatic nitrogens is 2. The van der Waals surface area contributed by atoms with Gasteiger partial charge in [0.25, 0.3) is 10.0 Å². The second-order valence-corrected chi connectivity index (χ2v) is 3.99. The minimum atomic E-state index is -3.58. The van der Waals surface area contributed by atoms with E-state index in [0.717, 1.165) is 0 Å². The molecular formula is C6H8N4O2S. The van der Waals surface area contributed by atoms with Crippen molar-refractivity contribution in [3.63, 3.8) is 0 Å². The number of rotatable bonds is 3. The van der Waals surface area contributed by atoms with Crippen LogP contribution in [0, 0.1) is 11.3 Å². The van der Waals surface area contributed by atoms with Crippen LogP contribution in [0.2, 0.25) is 0 Å². The van der Waals surface area contributed by atoms with Gasteiger partial charge in [-0.2, -0.15) is 15.1 Å². The van der Waals surface area contributed by atoms with Crippen molar-refractivity contribution in [1.82, 2.24) is 14.5 Å². The molecule has 0 bridgehead atoms. The summed E-state index contributed by atoms with van der Waals surface area (Å²) in [5.41, 5.74) is 0. The van der Waals surface area contributed by atoms with Gasteiger partial charge >= 0.3 is 0 Å². The molecule has 70 valence electrons. The first kappa shape index (κ1) is 9.70. The molecule has 1 aromatic rings. The van der Waals surface area contributed by atoms with Crippen molar-refractivity contribution in [2.75, 3.05) is 6.54 Å². The first-order chi connectivity index (χ1) is 6.08. The van der Waals surface area contributed by atoms with Crippen LogP contribution in [0.1, 0.15) is 0 Å². The minimum absolute atomic E-state index is 0.0442. The molecule has 0 aliphatic rings. The van der Waals surface area contributed by atoms with Crippen LogP contribution in [-0.4, -0.2) is 24.7 Å². The van der Waals surface area contributed by atoms with Crippen LogP contribution < -0.4 is 4.72 Å². The maximum atomic E-state index is 11.3. The highest BCUT2D eigenvalue weighted by Gasteiger charge is 2.16. The molecule has 0 atom stereocenters. The van der Waals surface area contributed by atoms with Crippen LogP contribution in [-0.2, 0) is 17.1 Å². The van der Waals surface area contributed by atoms with E-state index in [0.29, 0.717) is 0 Å². The smallest absolute Gasteiger partial charge is 0.256 e. The summed E-state index contributed by atoms with van der Waals surface area (Å²) in [5.74, 6) is 0. The molecule has 1 rings (SSSR count). The zero-order valence-corrected chi connectivity index (χ0v) is 7.74. The van der Waals surface area contributed by atoms with Crippen LogP contribution in [0.4, 0.5) is 0 Å². The van der Waals surface area contributed by atoms with Gasteiger partial charge in [-0.05, 0) is 6.07 Å². The second kappa shape index (κ2) is 3.55. The molecule has 7 heteroatoms. The molecule has 0 unspecified atom stereocenters. The first-order valence-corrected chi connectivity index (χ1v) is 4.91. The highest BCUT2D eigenvalue weighted by molar-refractivity contribution is 7.89. The summed E-state index contributed by atoms with van der Waals surface area (Å²) in [6.07, 6.45) is 1.38. The fraction of sp³-hybridized carbons (Fsp3) is 0.333. The summed E-state index contributed by atoms with van der Waals surface area (Å²) in [5, 5.41) is 11.9. The predicted octanol–water partition coefficient (Wildman–Crippen LogP) is -0.778. The van der Waals surface area contributed by atoms with E-state index < -0.39 is 10.0 Å². The number of hydrogen-bond donors (Lipinski definition) is 1. The predicted molar refractivity (Wildman–Crippen MR) is 44.0 cm³/mol. The Balaban J connectivity index is 2.96. The zero-order valence-electron chi connectivity index (χ0n) is 6.93. The lowest BCUT2D eigenvalue weighted by atomic mass is 10.7. The molecule has 0 amide bonds. The Labute approximate surface area is 75.8 Å². The van der Waals surface area contributed by atoms with Crippen molar-refractivity contribution in [2.24, 2.45) is 7.05 Å². The summed E-state index contributed by atoms with van der Waals surface area (Å²) >= 11 is 0. The molecule has 6 nitrogen and oxygen atoms in total. The van der Waals surface area contributed by atoms with Gasteiger partial charge in [0, 0.05) is 7.05 Å². The first-order valence-electron chi connectivity index (χ1n) is 3.42. The number of nitrogens with one attached hydrogen (secondary N) is 1. The monoisotopic (exact) mass is 200 g/mol. The Bertz CT molecular complexity index is 428. The molecule has 0 aliphatic carbocycles. The van der Waals surface area contributed by atoms with Gasteiger partial charge in [0.05, 0.1) is 18.8 Å². The number of hydrogen-bond acceptors (Lipinski definition) is 4. The third kappa shape index (κ3) is 2.05. The number of nitriles is 1. The van der Waals surface area contributed by atoms with Crippen LogP contribution in [0.5, 0.6) is 0 Å². The molecule has 1 heterocycles. The third-order valence-corrected chi connectivity index (χ3v) is 2.87. The highest BCUT2D eigenvalue weighted by Crippen LogP contribution is 2.04. The van der Waals surface area contributed by atoms with E-state index in [1.165, 1.54) is 24.0 Å². The van der Waals surface area contributed by atoms with Crippen LogP contribution in [0.3, 0.4) is 0 Å². The quantitative estimate of drug-likeness (QED) is 0.648. The number of nitrogens with zero attached hydrogens (tertiary/aromatic N) is 3. The van der Waals surface area contributed by atoms with Gasteiger partial charge in [-0.1, -0.05) is 0 Å². The molecule has 0 aromatic carbocycles. The maximum Gasteiger partial charge on any atom is 0.258 e. The third-order valence-electron chi connectivity index (χ3n) is 1.39. The highest BCUT2D eigenvalue weighted by atomic mass is 32.2. The summed E-state index contributed by atoms with van der Waals surface area (Å²) in [6, 6.07) is 3.05. The summed E-state index contributed by atoms with van der Waals surface area (Å²) in [6.45, 7) is -0.243. The van der Waals surface area contributed by atoms with Gasteiger partial charge in [-0.25, -0.2) is 8.42 Å². The molecule has 13 heavy (non-hydrogen) atoms. The lowest BCUT2D eigenvalue weighted by Gasteiger charge is -2.02. The number of aryl methyl sites for hydroxylation is 1. The Hall–Kier alpha value is -1.39. The Morgan fingerprint density at radius 2 is 2.46 bits per heavy atom. The van der Waals surface area contributed by atoms with Crippen LogP contribution >= 0.6 is 0 Å². The molecule has 1 N–H and O–H groups in total. The standard InChI is InChI=1S/C6H8N4O2S/c1-10-6(2-4-8-10)13(11,12)9-5-3-7/h2,4,9H,5H2,1H3. The van der Waals surface area contributed by atoms with Crippen LogP contribution in [0.25, 0.3) is 0 Å². The molecule has 0 fully saturated rings. The van der Waals surface area contributed by atoms with Crippen LogP contribution in [0.15, 0.2) is 17.3 Å². The van der Waals surface area contributed by atoms with E-state index in [4.69, 9.17) is 5.26 Å². The van der Waals surface area contributed by atoms with E-state index >= 15 is 0 Å². The molecule has 0 radical (unpaired) electrons. The van der Waals surface area contributed by atoms with Crippen molar-refractivity contribution in [3.8, 4) is 6.07 Å². The lowest BCUT2D eigenvalue weighted by Crippen LogP contribution is -2.25. The molecule has 1 aromatic heterocycles. The fourth-order valence-electron chi connectivity index (χ4n) is 0.827. The summed E-state index contributed by atoms with van der Waals surface area (Å²) in [4.78, 5) is 0. The average Bonchev–Trinajstić information content (AvgIpc) is 2.48. The number of sulfonamides is 1. The molecule has 0 spiro atoms. The van der Waals surface area contributed by atoms with Gasteiger partial charge in [-0.3, -0.25) is 4.68 Å². The minimum Gasteiger partial charge on any atom is -0.256 e. The summed E-state index contributed by atoms with van der Waals surface area (Å²) < 4.78 is 26.0. The van der Waals surface area contributed by atoms with Gasteiger partial charge in [0.15, 0.2) is 5.03 Å². The van der Waals surface area contributed by atoms with Gasteiger partial charge in [0.1, 0.15) is 0 Å². The Morgan fingerprint density at radius 1 is 1.77 bits per heavy atom. The van der Waals surface area contributed by atoms with E-state index in [1.807, 2.05) is 0 Å². The zero-order chi connectivity index (χ0) is 9.90. The van der Waals surface area contributed by atoms with E-state index in [1.54, 1.807) is 6.07 Å². The molecule has 0 aliphatic heterocycles. The maximum absolute atomic E-state index is 11.3. The van der Waals surface area contributed by atoms with Crippen molar-refractivity contribution in [3.05, 3.63) is 12.3 Å². The van der Waals surface area contributed by atoms with Gasteiger partial charge < -0.3 is 0 Å². The van der Waals surface area contributed by atoms with Crippen molar-refractivity contribution >= 4 is 10.0 Å². The second-order valence-electron chi connectivity index (χ2n) is 2.28. The lowest BCUT2D eigenvalue weighted by molar-refractivity contribution is 0.567. The van der Waals surface area contributed by atoms with Gasteiger partial charge in [-0.15, -0.1) is 0 Å². The SMILES string of the molecule is Cn1nccc1S(=O)(=O)NCC#N. The summed E-state index contributed by atoms with van der Waals surface area (Å²) in [7, 11) is -2.07. The Kier molecular flexibility index (Phi) is 2.65. The van der Waals surface area contributed by atoms with Crippen molar-refractivity contribution in [1.29, 1.82) is 5.26 Å².